The van der Waals surface area contributed by atoms with E-state index in [1.165, 1.54) is 32.1 Å². The summed E-state index contributed by atoms with van der Waals surface area (Å²) in [5.74, 6) is 1.65. The summed E-state index contributed by atoms with van der Waals surface area (Å²) in [6.07, 6.45) is 10.9. The van der Waals surface area contributed by atoms with Crippen molar-refractivity contribution in [1.82, 2.24) is 5.01 Å². The predicted molar refractivity (Wildman–Crippen MR) is 88.9 cm³/mol. The van der Waals surface area contributed by atoms with Gasteiger partial charge in [-0.1, -0.05) is 0 Å². The van der Waals surface area contributed by atoms with Gasteiger partial charge in [0, 0.05) is 13.1 Å². The predicted octanol–water partition coefficient (Wildman–Crippen LogP) is 3.84. The number of methoxy groups -OCH3 is 1. The molecule has 0 spiro atoms. The van der Waals surface area contributed by atoms with E-state index in [2.05, 4.69) is 10.1 Å². The molecule has 0 atom stereocenters. The van der Waals surface area contributed by atoms with Crippen LogP contribution in [0, 0.1) is 0 Å². The molecule has 0 radical (unpaired) electrons. The minimum absolute atomic E-state index is 0.336. The third kappa shape index (κ3) is 3.93. The molecule has 1 aliphatic heterocycles. The van der Waals surface area contributed by atoms with Gasteiger partial charge in [-0.2, -0.15) is 5.10 Å². The maximum atomic E-state index is 6.13. The first-order valence-corrected chi connectivity index (χ1v) is 8.49. The van der Waals surface area contributed by atoms with Crippen molar-refractivity contribution in [2.45, 2.75) is 51.0 Å². The number of nitrogens with zero attached hydrogens (tertiary/aromatic N) is 2. The van der Waals surface area contributed by atoms with Crippen LogP contribution in [0.25, 0.3) is 0 Å². The van der Waals surface area contributed by atoms with Crippen molar-refractivity contribution in [3.05, 3.63) is 23.8 Å². The zero-order chi connectivity index (χ0) is 15.2. The topological polar surface area (TPSA) is 34.1 Å². The van der Waals surface area contributed by atoms with Crippen LogP contribution in [0.2, 0.25) is 0 Å². The van der Waals surface area contributed by atoms with E-state index in [-0.39, 0.29) is 0 Å². The smallest absolute Gasteiger partial charge is 0.162 e. The lowest BCUT2D eigenvalue weighted by molar-refractivity contribution is 0.201. The van der Waals surface area contributed by atoms with Gasteiger partial charge in [0.25, 0.3) is 0 Å². The Hall–Kier alpha value is -1.71. The lowest BCUT2D eigenvalue weighted by Crippen LogP contribution is -2.24. The Morgan fingerprint density at radius 2 is 1.82 bits per heavy atom. The van der Waals surface area contributed by atoms with Gasteiger partial charge in [-0.3, -0.25) is 5.01 Å². The first kappa shape index (κ1) is 15.2. The Morgan fingerprint density at radius 1 is 1.05 bits per heavy atom. The first-order chi connectivity index (χ1) is 10.8. The number of benzene rings is 1. The molecule has 2 fully saturated rings. The lowest BCUT2D eigenvalue weighted by Gasteiger charge is -2.23. The van der Waals surface area contributed by atoms with Crippen LogP contribution in [0.4, 0.5) is 0 Å². The van der Waals surface area contributed by atoms with Gasteiger partial charge in [-0.05, 0) is 68.7 Å². The van der Waals surface area contributed by atoms with Crippen LogP contribution in [0.15, 0.2) is 23.3 Å². The van der Waals surface area contributed by atoms with Gasteiger partial charge in [0.2, 0.25) is 0 Å². The van der Waals surface area contributed by atoms with Crippen LogP contribution < -0.4 is 9.47 Å². The van der Waals surface area contributed by atoms with Crippen molar-refractivity contribution < 1.29 is 9.47 Å². The molecule has 1 saturated carbocycles. The highest BCUT2D eigenvalue weighted by atomic mass is 16.5. The summed E-state index contributed by atoms with van der Waals surface area (Å²) in [6.45, 7) is 2.14. The molecule has 0 aromatic heterocycles. The number of hydrogen-bond acceptors (Lipinski definition) is 4. The normalized spacial score (nSPS) is 19.8. The summed E-state index contributed by atoms with van der Waals surface area (Å²) in [4.78, 5) is 0. The molecule has 1 saturated heterocycles. The second kappa shape index (κ2) is 7.52. The highest BCUT2D eigenvalue weighted by molar-refractivity contribution is 5.80. The molecular weight excluding hydrogens is 276 g/mol. The number of hydrogen-bond donors (Lipinski definition) is 0. The Balaban J connectivity index is 1.69. The standard InChI is InChI=1S/C18H26N2O2/c1-21-17-10-9-15(14-19-20-11-5-2-6-12-20)13-18(17)22-16-7-3-4-8-16/h9-10,13-14,16H,2-8,11-12H2,1H3/b19-14+. The summed E-state index contributed by atoms with van der Waals surface area (Å²) in [5.41, 5.74) is 1.07. The summed E-state index contributed by atoms with van der Waals surface area (Å²) >= 11 is 0. The monoisotopic (exact) mass is 302 g/mol. The summed E-state index contributed by atoms with van der Waals surface area (Å²) in [6, 6.07) is 6.06. The van der Waals surface area contributed by atoms with Crippen molar-refractivity contribution in [3.8, 4) is 11.5 Å². The van der Waals surface area contributed by atoms with Crippen LogP contribution in [0.1, 0.15) is 50.5 Å². The average Bonchev–Trinajstić information content (AvgIpc) is 3.07. The molecule has 1 heterocycles. The molecule has 22 heavy (non-hydrogen) atoms. The molecule has 0 N–H and O–H groups in total. The minimum atomic E-state index is 0.336. The quantitative estimate of drug-likeness (QED) is 0.775. The van der Waals surface area contributed by atoms with Crippen LogP contribution in [-0.4, -0.2) is 37.5 Å². The molecule has 1 aromatic rings. The zero-order valence-corrected chi connectivity index (χ0v) is 13.5. The molecule has 0 unspecified atom stereocenters. The molecule has 1 aromatic carbocycles. The third-order valence-electron chi connectivity index (χ3n) is 4.49. The summed E-state index contributed by atoms with van der Waals surface area (Å²) in [5, 5.41) is 6.75. The van der Waals surface area contributed by atoms with E-state index in [1.807, 2.05) is 24.4 Å². The van der Waals surface area contributed by atoms with Gasteiger partial charge >= 0.3 is 0 Å². The fourth-order valence-corrected chi connectivity index (χ4v) is 3.19. The molecular formula is C18H26N2O2. The van der Waals surface area contributed by atoms with Crippen molar-refractivity contribution >= 4 is 6.21 Å². The zero-order valence-electron chi connectivity index (χ0n) is 13.5. The van der Waals surface area contributed by atoms with E-state index < -0.39 is 0 Å². The number of hydrazone groups is 1. The highest BCUT2D eigenvalue weighted by Gasteiger charge is 2.18. The van der Waals surface area contributed by atoms with Crippen LogP contribution in [-0.2, 0) is 0 Å². The van der Waals surface area contributed by atoms with Gasteiger partial charge in [-0.15, -0.1) is 0 Å². The third-order valence-corrected chi connectivity index (χ3v) is 4.49. The van der Waals surface area contributed by atoms with Crippen LogP contribution in [0.3, 0.4) is 0 Å². The summed E-state index contributed by atoms with van der Waals surface area (Å²) < 4.78 is 11.6. The van der Waals surface area contributed by atoms with E-state index in [9.17, 15) is 0 Å². The van der Waals surface area contributed by atoms with Crippen molar-refractivity contribution in [2.75, 3.05) is 20.2 Å². The van der Waals surface area contributed by atoms with Gasteiger partial charge in [0.1, 0.15) is 0 Å². The lowest BCUT2D eigenvalue weighted by atomic mass is 10.2. The largest absolute Gasteiger partial charge is 0.493 e. The van der Waals surface area contributed by atoms with Crippen molar-refractivity contribution in [3.63, 3.8) is 0 Å². The van der Waals surface area contributed by atoms with E-state index >= 15 is 0 Å². The Morgan fingerprint density at radius 3 is 2.55 bits per heavy atom. The molecule has 120 valence electrons. The van der Waals surface area contributed by atoms with Crippen molar-refractivity contribution in [1.29, 1.82) is 0 Å². The molecule has 0 bridgehead atoms. The Bertz CT molecular complexity index is 504. The van der Waals surface area contributed by atoms with Gasteiger partial charge in [-0.25, -0.2) is 0 Å². The number of rotatable bonds is 5. The molecule has 0 amide bonds. The SMILES string of the molecule is COc1ccc(/C=N/N2CCCCC2)cc1OC1CCCC1. The van der Waals surface area contributed by atoms with E-state index in [1.54, 1.807) is 7.11 Å². The Kier molecular flexibility index (Phi) is 5.20. The minimum Gasteiger partial charge on any atom is -0.493 e. The molecule has 4 heteroatoms. The van der Waals surface area contributed by atoms with Gasteiger partial charge < -0.3 is 9.47 Å². The van der Waals surface area contributed by atoms with Gasteiger partial charge in [0.15, 0.2) is 11.5 Å². The van der Waals surface area contributed by atoms with Crippen molar-refractivity contribution in [2.24, 2.45) is 5.10 Å². The fraction of sp³-hybridized carbons (Fsp3) is 0.611. The van der Waals surface area contributed by atoms with Crippen LogP contribution >= 0.6 is 0 Å². The Labute approximate surface area is 133 Å². The second-order valence-electron chi connectivity index (χ2n) is 6.19. The van der Waals surface area contributed by atoms with Crippen LogP contribution in [0.5, 0.6) is 11.5 Å². The first-order valence-electron chi connectivity index (χ1n) is 8.49. The summed E-state index contributed by atoms with van der Waals surface area (Å²) in [7, 11) is 1.69. The molecule has 2 aliphatic rings. The highest BCUT2D eigenvalue weighted by Crippen LogP contribution is 2.32. The van der Waals surface area contributed by atoms with Gasteiger partial charge in [0.05, 0.1) is 19.4 Å². The van der Waals surface area contributed by atoms with E-state index in [0.717, 1.165) is 43.0 Å². The average molecular weight is 302 g/mol. The van der Waals surface area contributed by atoms with E-state index in [0.29, 0.717) is 6.10 Å². The maximum absolute atomic E-state index is 6.13. The van der Waals surface area contributed by atoms with E-state index in [4.69, 9.17) is 9.47 Å². The molecule has 1 aliphatic carbocycles. The number of piperidine rings is 1. The molecule has 3 rings (SSSR count). The maximum Gasteiger partial charge on any atom is 0.162 e. The molecule has 4 nitrogen and oxygen atoms in total. The second-order valence-corrected chi connectivity index (χ2v) is 6.19. The number of ether oxygens (including phenoxy) is 2. The fourth-order valence-electron chi connectivity index (χ4n) is 3.19.